The van der Waals surface area contributed by atoms with Gasteiger partial charge in [0.15, 0.2) is 0 Å². The van der Waals surface area contributed by atoms with Crippen molar-refractivity contribution in [3.63, 3.8) is 0 Å². The smallest absolute Gasteiger partial charge is 0.381 e. The summed E-state index contributed by atoms with van der Waals surface area (Å²) in [6, 6.07) is 1.18. The zero-order valence-electron chi connectivity index (χ0n) is 12.9. The van der Waals surface area contributed by atoms with Crippen LogP contribution in [0.25, 0.3) is 0 Å². The van der Waals surface area contributed by atoms with Gasteiger partial charge < -0.3 is 23.9 Å². The van der Waals surface area contributed by atoms with E-state index in [2.05, 4.69) is 4.74 Å². The minimum absolute atomic E-state index is 0.0747. The lowest BCUT2D eigenvalue weighted by molar-refractivity contribution is -0.124. The lowest BCUT2D eigenvalue weighted by Crippen LogP contribution is -2.30. The number of hydrogen-bond acceptors (Lipinski definition) is 7. The van der Waals surface area contributed by atoms with Gasteiger partial charge >= 0.3 is 11.6 Å². The van der Waals surface area contributed by atoms with Gasteiger partial charge in [0.05, 0.1) is 19.9 Å². The van der Waals surface area contributed by atoms with Crippen LogP contribution in [0.2, 0.25) is 0 Å². The normalized spacial score (nSPS) is 16.9. The van der Waals surface area contributed by atoms with Crippen molar-refractivity contribution in [2.75, 3.05) is 25.7 Å². The van der Waals surface area contributed by atoms with Crippen LogP contribution >= 0.6 is 0 Å². The number of esters is 1. The van der Waals surface area contributed by atoms with Crippen molar-refractivity contribution in [2.45, 2.75) is 26.4 Å². The van der Waals surface area contributed by atoms with E-state index in [0.29, 0.717) is 0 Å². The molecular formula is C14H19NO7. The fraction of sp³-hybridized carbons (Fsp3) is 0.500. The fourth-order valence-corrected chi connectivity index (χ4v) is 1.96. The van der Waals surface area contributed by atoms with Gasteiger partial charge in [-0.15, -0.1) is 0 Å². The number of nitrogens with zero attached hydrogens (tertiary/aromatic N) is 1. The highest BCUT2D eigenvalue weighted by atomic mass is 16.5. The van der Waals surface area contributed by atoms with E-state index >= 15 is 0 Å². The molecule has 8 heteroatoms. The number of aliphatic hydroxyl groups is 1. The summed E-state index contributed by atoms with van der Waals surface area (Å²) >= 11 is 0. The summed E-state index contributed by atoms with van der Waals surface area (Å²) in [5, 5.41) is 9.46. The molecule has 1 aromatic rings. The molecule has 2 rings (SSSR count). The second-order valence-electron chi connectivity index (χ2n) is 4.10. The predicted molar refractivity (Wildman–Crippen MR) is 77.2 cm³/mol. The second-order valence-corrected chi connectivity index (χ2v) is 4.10. The van der Waals surface area contributed by atoms with Crippen LogP contribution in [0.3, 0.4) is 0 Å². The molecule has 0 aliphatic carbocycles. The van der Waals surface area contributed by atoms with E-state index in [4.69, 9.17) is 9.15 Å². The summed E-state index contributed by atoms with van der Waals surface area (Å²) in [7, 11) is 2.38. The number of carbonyl (C=O) groups is 2. The Labute approximate surface area is 127 Å². The van der Waals surface area contributed by atoms with Crippen LogP contribution < -0.4 is 15.3 Å². The zero-order chi connectivity index (χ0) is 16.9. The van der Waals surface area contributed by atoms with Gasteiger partial charge in [-0.2, -0.15) is 0 Å². The molecule has 22 heavy (non-hydrogen) atoms. The molecule has 2 heterocycles. The highest BCUT2D eigenvalue weighted by molar-refractivity contribution is 6.00. The molecule has 1 amide bonds. The van der Waals surface area contributed by atoms with Crippen LogP contribution in [0.4, 0.5) is 5.69 Å². The summed E-state index contributed by atoms with van der Waals surface area (Å²) in [5.41, 5.74) is -0.828. The molecule has 8 nitrogen and oxygen atoms in total. The van der Waals surface area contributed by atoms with Crippen LogP contribution in [-0.2, 0) is 9.53 Å². The maximum Gasteiger partial charge on any atom is 0.381 e. The molecule has 1 atom stereocenters. The van der Waals surface area contributed by atoms with Crippen LogP contribution in [0.5, 0.6) is 5.75 Å². The predicted octanol–water partition coefficient (Wildman–Crippen LogP) is 0.559. The average molecular weight is 313 g/mol. The third-order valence-electron chi connectivity index (χ3n) is 2.95. The minimum atomic E-state index is -1.13. The molecule has 0 radical (unpaired) electrons. The van der Waals surface area contributed by atoms with Gasteiger partial charge in [-0.05, 0) is 0 Å². The first-order chi connectivity index (χ1) is 10.5. The third kappa shape index (κ3) is 3.28. The Morgan fingerprint density at radius 2 is 2.00 bits per heavy atom. The van der Waals surface area contributed by atoms with E-state index in [1.165, 1.54) is 18.1 Å². The SMILES string of the molecule is CC.COC(=O)c1cc(N2CCC(O)C2=O)c(OC)c(=O)o1. The monoisotopic (exact) mass is 313 g/mol. The molecule has 1 aliphatic heterocycles. The summed E-state index contributed by atoms with van der Waals surface area (Å²) in [6.07, 6.45) is -0.899. The Kier molecular flexibility index (Phi) is 6.11. The first-order valence-corrected chi connectivity index (χ1v) is 6.79. The van der Waals surface area contributed by atoms with E-state index in [1.54, 1.807) is 0 Å². The van der Waals surface area contributed by atoms with Crippen LogP contribution in [0, 0.1) is 0 Å². The standard InChI is InChI=1S/C12H13NO7.C2H6/c1-18-9-6(13-4-3-7(14)10(13)15)5-8(11(16)19-2)20-12(9)17;1-2/h5,7,14H,3-4H2,1-2H3;1-2H3. The van der Waals surface area contributed by atoms with E-state index in [9.17, 15) is 19.5 Å². The van der Waals surface area contributed by atoms with Gasteiger partial charge in [0.25, 0.3) is 5.91 Å². The molecule has 1 N–H and O–H groups in total. The molecule has 1 saturated heterocycles. The summed E-state index contributed by atoms with van der Waals surface area (Å²) in [6.45, 7) is 4.21. The van der Waals surface area contributed by atoms with Crippen molar-refractivity contribution in [1.82, 2.24) is 0 Å². The fourth-order valence-electron chi connectivity index (χ4n) is 1.96. The van der Waals surface area contributed by atoms with E-state index in [1.807, 2.05) is 13.8 Å². The zero-order valence-corrected chi connectivity index (χ0v) is 12.9. The second kappa shape index (κ2) is 7.60. The first-order valence-electron chi connectivity index (χ1n) is 6.79. The molecule has 1 fully saturated rings. The minimum Gasteiger partial charge on any atom is -0.488 e. The van der Waals surface area contributed by atoms with Crippen molar-refractivity contribution >= 4 is 17.6 Å². The van der Waals surface area contributed by atoms with Crippen molar-refractivity contribution < 1.29 is 28.6 Å². The maximum atomic E-state index is 11.8. The molecule has 1 unspecified atom stereocenters. The summed E-state index contributed by atoms with van der Waals surface area (Å²) in [4.78, 5) is 36.2. The van der Waals surface area contributed by atoms with Gasteiger partial charge in [-0.3, -0.25) is 4.79 Å². The number of amides is 1. The van der Waals surface area contributed by atoms with Gasteiger partial charge in [0, 0.05) is 19.0 Å². The number of methoxy groups -OCH3 is 2. The Morgan fingerprint density at radius 3 is 2.45 bits per heavy atom. The van der Waals surface area contributed by atoms with Crippen molar-refractivity contribution in [2.24, 2.45) is 0 Å². The van der Waals surface area contributed by atoms with Crippen molar-refractivity contribution in [3.05, 3.63) is 22.2 Å². The third-order valence-corrected chi connectivity index (χ3v) is 2.95. The highest BCUT2D eigenvalue weighted by Crippen LogP contribution is 2.29. The van der Waals surface area contributed by atoms with Gasteiger partial charge in [-0.1, -0.05) is 13.8 Å². The molecule has 122 valence electrons. The van der Waals surface area contributed by atoms with Crippen LogP contribution in [0.1, 0.15) is 30.8 Å². The first kappa shape index (κ1) is 17.7. The Balaban J connectivity index is 0.00000116. The largest absolute Gasteiger partial charge is 0.488 e. The Bertz CT molecular complexity index is 608. The molecule has 0 saturated carbocycles. The molecule has 1 aromatic heterocycles. The Morgan fingerprint density at radius 1 is 1.36 bits per heavy atom. The van der Waals surface area contributed by atoms with Crippen molar-refractivity contribution in [3.8, 4) is 5.75 Å². The molecular weight excluding hydrogens is 294 g/mol. The molecule has 1 aliphatic rings. The van der Waals surface area contributed by atoms with E-state index in [-0.39, 0.29) is 30.2 Å². The quantitative estimate of drug-likeness (QED) is 0.812. The van der Waals surface area contributed by atoms with Gasteiger partial charge in [0.2, 0.25) is 11.5 Å². The number of aliphatic hydroxyl groups excluding tert-OH is 1. The lowest BCUT2D eigenvalue weighted by atomic mass is 10.3. The average Bonchev–Trinajstić information content (AvgIpc) is 2.87. The number of rotatable bonds is 3. The molecule has 0 bridgehead atoms. The summed E-state index contributed by atoms with van der Waals surface area (Å²) in [5.74, 6) is -1.97. The van der Waals surface area contributed by atoms with Crippen molar-refractivity contribution in [1.29, 1.82) is 0 Å². The lowest BCUT2D eigenvalue weighted by Gasteiger charge is -2.18. The number of anilines is 1. The Hall–Kier alpha value is -2.35. The topological polar surface area (TPSA) is 106 Å². The summed E-state index contributed by atoms with van der Waals surface area (Å²) < 4.78 is 14.1. The van der Waals surface area contributed by atoms with Gasteiger partial charge in [-0.25, -0.2) is 9.59 Å². The number of ether oxygens (including phenoxy) is 2. The van der Waals surface area contributed by atoms with E-state index in [0.717, 1.165) is 7.11 Å². The highest BCUT2D eigenvalue weighted by Gasteiger charge is 2.34. The molecule has 0 aromatic carbocycles. The van der Waals surface area contributed by atoms with E-state index < -0.39 is 23.6 Å². The number of hydrogen-bond donors (Lipinski definition) is 1. The number of carbonyl (C=O) groups excluding carboxylic acids is 2. The van der Waals surface area contributed by atoms with Crippen LogP contribution in [-0.4, -0.2) is 43.9 Å². The maximum absolute atomic E-state index is 11.8. The van der Waals surface area contributed by atoms with Crippen LogP contribution in [0.15, 0.2) is 15.3 Å². The molecule has 0 spiro atoms. The van der Waals surface area contributed by atoms with Gasteiger partial charge in [0.1, 0.15) is 6.10 Å².